The number of amides is 1. The third-order valence-electron chi connectivity index (χ3n) is 4.18. The van der Waals surface area contributed by atoms with Crippen LogP contribution >= 0.6 is 0 Å². The van der Waals surface area contributed by atoms with E-state index in [9.17, 15) is 4.79 Å². The predicted octanol–water partition coefficient (Wildman–Crippen LogP) is 1.67. The van der Waals surface area contributed by atoms with E-state index in [0.717, 1.165) is 26.2 Å². The maximum absolute atomic E-state index is 13.0. The van der Waals surface area contributed by atoms with Crippen molar-refractivity contribution in [2.45, 2.75) is 32.4 Å². The number of likely N-dealkylation sites (N-methyl/N-ethyl adjacent to an activating group) is 2. The van der Waals surface area contributed by atoms with E-state index < -0.39 is 0 Å². The molecule has 0 aromatic heterocycles. The number of benzene rings is 1. The van der Waals surface area contributed by atoms with Crippen molar-refractivity contribution in [3.8, 4) is 0 Å². The summed E-state index contributed by atoms with van der Waals surface area (Å²) < 4.78 is 0. The molecular formula is C17H27N3O. The number of carbonyl (C=O) groups is 1. The Balaban J connectivity index is 2.19. The maximum atomic E-state index is 13.0. The van der Waals surface area contributed by atoms with E-state index in [-0.39, 0.29) is 17.9 Å². The highest BCUT2D eigenvalue weighted by Gasteiger charge is 2.31. The molecule has 0 saturated heterocycles. The van der Waals surface area contributed by atoms with Gasteiger partial charge in [-0.2, -0.15) is 0 Å². The second-order valence-electron chi connectivity index (χ2n) is 6.12. The molecule has 2 rings (SSSR count). The third-order valence-corrected chi connectivity index (χ3v) is 4.18. The number of hydrogen-bond donors (Lipinski definition) is 1. The molecule has 0 aliphatic carbocycles. The molecular weight excluding hydrogens is 262 g/mol. The van der Waals surface area contributed by atoms with Gasteiger partial charge in [0.05, 0.1) is 5.92 Å². The summed E-state index contributed by atoms with van der Waals surface area (Å²) in [6, 6.07) is 8.51. The zero-order valence-corrected chi connectivity index (χ0v) is 13.6. The Kier molecular flexibility index (Phi) is 5.37. The molecule has 2 atom stereocenters. The lowest BCUT2D eigenvalue weighted by atomic mass is 9.89. The van der Waals surface area contributed by atoms with Crippen molar-refractivity contribution in [2.24, 2.45) is 0 Å². The van der Waals surface area contributed by atoms with Crippen molar-refractivity contribution in [1.29, 1.82) is 0 Å². The average molecular weight is 289 g/mol. The molecule has 1 amide bonds. The SMILES string of the molecule is CCN(C(=O)C1CNCc2ccccc21)C(C)CN(C)C. The van der Waals surface area contributed by atoms with Crippen molar-refractivity contribution in [1.82, 2.24) is 15.1 Å². The minimum Gasteiger partial charge on any atom is -0.338 e. The first-order chi connectivity index (χ1) is 10.0. The van der Waals surface area contributed by atoms with Gasteiger partial charge in [0.25, 0.3) is 0 Å². The van der Waals surface area contributed by atoms with Crippen molar-refractivity contribution in [2.75, 3.05) is 33.7 Å². The van der Waals surface area contributed by atoms with Crippen LogP contribution in [0.25, 0.3) is 0 Å². The highest BCUT2D eigenvalue weighted by atomic mass is 16.2. The van der Waals surface area contributed by atoms with Crippen molar-refractivity contribution in [3.05, 3.63) is 35.4 Å². The summed E-state index contributed by atoms with van der Waals surface area (Å²) in [6.07, 6.45) is 0. The number of hydrogen-bond acceptors (Lipinski definition) is 3. The van der Waals surface area contributed by atoms with E-state index in [2.05, 4.69) is 36.2 Å². The Bertz CT molecular complexity index is 487. The van der Waals surface area contributed by atoms with E-state index >= 15 is 0 Å². The van der Waals surface area contributed by atoms with E-state index in [1.807, 2.05) is 31.1 Å². The van der Waals surface area contributed by atoms with Crippen LogP contribution in [0.3, 0.4) is 0 Å². The Morgan fingerprint density at radius 1 is 1.38 bits per heavy atom. The number of nitrogens with one attached hydrogen (secondary N) is 1. The Labute approximate surface area is 128 Å². The summed E-state index contributed by atoms with van der Waals surface area (Å²) in [5.41, 5.74) is 2.44. The van der Waals surface area contributed by atoms with Gasteiger partial charge in [-0.05, 0) is 39.1 Å². The van der Waals surface area contributed by atoms with E-state index in [4.69, 9.17) is 0 Å². The van der Waals surface area contributed by atoms with Crippen LogP contribution in [-0.2, 0) is 11.3 Å². The number of fused-ring (bicyclic) bond motifs is 1. The summed E-state index contributed by atoms with van der Waals surface area (Å²) in [7, 11) is 4.10. The Morgan fingerprint density at radius 2 is 2.10 bits per heavy atom. The quantitative estimate of drug-likeness (QED) is 0.896. The molecule has 21 heavy (non-hydrogen) atoms. The van der Waals surface area contributed by atoms with Crippen LogP contribution < -0.4 is 5.32 Å². The fourth-order valence-electron chi connectivity index (χ4n) is 3.23. The van der Waals surface area contributed by atoms with Crippen molar-refractivity contribution in [3.63, 3.8) is 0 Å². The van der Waals surface area contributed by atoms with Crippen molar-refractivity contribution < 1.29 is 4.79 Å². The predicted molar refractivity (Wildman–Crippen MR) is 86.3 cm³/mol. The first kappa shape index (κ1) is 16.0. The zero-order valence-electron chi connectivity index (χ0n) is 13.6. The number of rotatable bonds is 5. The van der Waals surface area contributed by atoms with Crippen LogP contribution in [0.2, 0.25) is 0 Å². The van der Waals surface area contributed by atoms with Crippen LogP contribution in [0.1, 0.15) is 30.9 Å². The van der Waals surface area contributed by atoms with Gasteiger partial charge in [0.15, 0.2) is 0 Å². The molecule has 0 radical (unpaired) electrons. The smallest absolute Gasteiger partial charge is 0.231 e. The number of carbonyl (C=O) groups excluding carboxylic acids is 1. The molecule has 116 valence electrons. The normalized spacial score (nSPS) is 19.2. The van der Waals surface area contributed by atoms with Crippen LogP contribution in [0.5, 0.6) is 0 Å². The molecule has 1 aliphatic rings. The fourth-order valence-corrected chi connectivity index (χ4v) is 3.23. The third kappa shape index (κ3) is 3.63. The molecule has 4 nitrogen and oxygen atoms in total. The van der Waals surface area contributed by atoms with Crippen LogP contribution in [0.15, 0.2) is 24.3 Å². The largest absolute Gasteiger partial charge is 0.338 e. The van der Waals surface area contributed by atoms with Gasteiger partial charge in [-0.25, -0.2) is 0 Å². The molecule has 1 aliphatic heterocycles. The van der Waals surface area contributed by atoms with E-state index in [1.165, 1.54) is 11.1 Å². The summed E-state index contributed by atoms with van der Waals surface area (Å²) >= 11 is 0. The second-order valence-corrected chi connectivity index (χ2v) is 6.12. The molecule has 0 bridgehead atoms. The summed E-state index contributed by atoms with van der Waals surface area (Å²) in [5, 5.41) is 3.37. The first-order valence-electron chi connectivity index (χ1n) is 7.78. The summed E-state index contributed by atoms with van der Waals surface area (Å²) in [6.45, 7) is 7.43. The van der Waals surface area contributed by atoms with Gasteiger partial charge in [-0.3, -0.25) is 4.79 Å². The standard InChI is InChI=1S/C17H27N3O/c1-5-20(13(2)12-19(3)4)17(21)16-11-18-10-14-8-6-7-9-15(14)16/h6-9,13,16,18H,5,10-12H2,1-4H3. The first-order valence-corrected chi connectivity index (χ1v) is 7.78. The monoisotopic (exact) mass is 289 g/mol. The van der Waals surface area contributed by atoms with Gasteiger partial charge >= 0.3 is 0 Å². The average Bonchev–Trinajstić information content (AvgIpc) is 2.46. The molecule has 0 fully saturated rings. The number of nitrogens with zero attached hydrogens (tertiary/aromatic N) is 2. The maximum Gasteiger partial charge on any atom is 0.231 e. The second kappa shape index (κ2) is 7.05. The Hall–Kier alpha value is -1.39. The highest BCUT2D eigenvalue weighted by molar-refractivity contribution is 5.85. The molecule has 4 heteroatoms. The molecule has 0 saturated carbocycles. The lowest BCUT2D eigenvalue weighted by molar-refractivity contribution is -0.135. The zero-order chi connectivity index (χ0) is 15.4. The molecule has 1 aromatic carbocycles. The van der Waals surface area contributed by atoms with E-state index in [1.54, 1.807) is 0 Å². The van der Waals surface area contributed by atoms with Gasteiger partial charge in [0.1, 0.15) is 0 Å². The molecule has 1 aromatic rings. The minimum absolute atomic E-state index is 0.0560. The fraction of sp³-hybridized carbons (Fsp3) is 0.588. The summed E-state index contributed by atoms with van der Waals surface area (Å²) in [4.78, 5) is 17.1. The van der Waals surface area contributed by atoms with Gasteiger partial charge in [-0.1, -0.05) is 24.3 Å². The van der Waals surface area contributed by atoms with Crippen LogP contribution in [-0.4, -0.2) is 55.5 Å². The molecule has 1 N–H and O–H groups in total. The topological polar surface area (TPSA) is 35.6 Å². The lowest BCUT2D eigenvalue weighted by Crippen LogP contribution is -2.48. The molecule has 2 unspecified atom stereocenters. The van der Waals surface area contributed by atoms with Gasteiger partial charge in [0, 0.05) is 32.2 Å². The molecule has 0 spiro atoms. The van der Waals surface area contributed by atoms with Crippen LogP contribution in [0, 0.1) is 0 Å². The van der Waals surface area contributed by atoms with E-state index in [0.29, 0.717) is 0 Å². The van der Waals surface area contributed by atoms with Gasteiger partial charge in [0.2, 0.25) is 5.91 Å². The molecule has 1 heterocycles. The lowest BCUT2D eigenvalue weighted by Gasteiger charge is -2.35. The van der Waals surface area contributed by atoms with Gasteiger partial charge in [-0.15, -0.1) is 0 Å². The highest BCUT2D eigenvalue weighted by Crippen LogP contribution is 2.26. The minimum atomic E-state index is -0.0560. The van der Waals surface area contributed by atoms with Crippen LogP contribution in [0.4, 0.5) is 0 Å². The van der Waals surface area contributed by atoms with Crippen molar-refractivity contribution >= 4 is 5.91 Å². The van der Waals surface area contributed by atoms with Gasteiger partial charge < -0.3 is 15.1 Å². The summed E-state index contributed by atoms with van der Waals surface area (Å²) in [5.74, 6) is 0.186. The Morgan fingerprint density at radius 3 is 2.76 bits per heavy atom.